The SMILES string of the molecule is CC(C)(C)ONS(=O)(=O)c1ccc(Cl)c(C(=O)O)c1Cl. The molecule has 0 aliphatic carbocycles. The number of carbonyl (C=O) groups is 1. The highest BCUT2D eigenvalue weighted by molar-refractivity contribution is 7.89. The molecule has 0 aliphatic rings. The molecule has 0 fully saturated rings. The maximum absolute atomic E-state index is 12.0. The van der Waals surface area contributed by atoms with Crippen LogP contribution >= 0.6 is 23.2 Å². The molecule has 0 amide bonds. The zero-order valence-electron chi connectivity index (χ0n) is 10.9. The first kappa shape index (κ1) is 17.2. The molecule has 1 aromatic carbocycles. The molecule has 2 N–H and O–H groups in total. The maximum Gasteiger partial charge on any atom is 0.338 e. The number of sulfonamides is 1. The monoisotopic (exact) mass is 341 g/mol. The molecule has 0 aliphatic heterocycles. The highest BCUT2D eigenvalue weighted by Gasteiger charge is 2.26. The number of benzene rings is 1. The van der Waals surface area contributed by atoms with Crippen molar-refractivity contribution in [2.24, 2.45) is 0 Å². The van der Waals surface area contributed by atoms with Gasteiger partial charge in [-0.05, 0) is 32.9 Å². The van der Waals surface area contributed by atoms with Crippen molar-refractivity contribution < 1.29 is 23.2 Å². The Kier molecular flexibility index (Phi) is 5.04. The Morgan fingerprint density at radius 3 is 2.30 bits per heavy atom. The lowest BCUT2D eigenvalue weighted by Gasteiger charge is -2.19. The molecule has 0 radical (unpaired) electrons. The minimum Gasteiger partial charge on any atom is -0.478 e. The lowest BCUT2D eigenvalue weighted by atomic mass is 10.2. The maximum atomic E-state index is 12.0. The second-order valence-electron chi connectivity index (χ2n) is 4.84. The molecule has 0 unspecified atom stereocenters. The quantitative estimate of drug-likeness (QED) is 0.821. The lowest BCUT2D eigenvalue weighted by Crippen LogP contribution is -2.33. The summed E-state index contributed by atoms with van der Waals surface area (Å²) < 4.78 is 24.1. The summed E-state index contributed by atoms with van der Waals surface area (Å²) in [6, 6.07) is 2.24. The molecule has 0 aromatic heterocycles. The molecular formula is C11H13Cl2NO5S. The number of halogens is 2. The Labute approximate surface area is 126 Å². The third-order valence-electron chi connectivity index (χ3n) is 2.02. The van der Waals surface area contributed by atoms with Crippen LogP contribution in [0.15, 0.2) is 17.0 Å². The molecule has 0 heterocycles. The fourth-order valence-electron chi connectivity index (χ4n) is 1.16. The van der Waals surface area contributed by atoms with Gasteiger partial charge in [-0.2, -0.15) is 0 Å². The second kappa shape index (κ2) is 5.87. The van der Waals surface area contributed by atoms with Crippen molar-refractivity contribution in [2.45, 2.75) is 31.3 Å². The van der Waals surface area contributed by atoms with E-state index in [1.54, 1.807) is 20.8 Å². The van der Waals surface area contributed by atoms with Crippen molar-refractivity contribution in [3.63, 3.8) is 0 Å². The minimum atomic E-state index is -4.12. The van der Waals surface area contributed by atoms with Gasteiger partial charge in [0, 0.05) is 0 Å². The Morgan fingerprint density at radius 1 is 1.30 bits per heavy atom. The molecule has 112 valence electrons. The first-order chi connectivity index (χ1) is 8.96. The fraction of sp³-hybridized carbons (Fsp3) is 0.364. The van der Waals surface area contributed by atoms with Crippen LogP contribution in [-0.2, 0) is 14.9 Å². The van der Waals surface area contributed by atoms with Gasteiger partial charge in [-0.3, -0.25) is 4.84 Å². The summed E-state index contributed by atoms with van der Waals surface area (Å²) in [5.74, 6) is -1.42. The van der Waals surface area contributed by atoms with E-state index in [0.29, 0.717) is 0 Å². The van der Waals surface area contributed by atoms with E-state index in [0.717, 1.165) is 12.1 Å². The summed E-state index contributed by atoms with van der Waals surface area (Å²) >= 11 is 11.5. The lowest BCUT2D eigenvalue weighted by molar-refractivity contribution is -0.0357. The Hall–Kier alpha value is -0.860. The molecule has 6 nitrogen and oxygen atoms in total. The van der Waals surface area contributed by atoms with Crippen molar-refractivity contribution in [1.82, 2.24) is 4.89 Å². The van der Waals surface area contributed by atoms with E-state index in [-0.39, 0.29) is 5.02 Å². The van der Waals surface area contributed by atoms with Crippen LogP contribution in [0.4, 0.5) is 0 Å². The largest absolute Gasteiger partial charge is 0.478 e. The zero-order chi connectivity index (χ0) is 15.7. The predicted octanol–water partition coefficient (Wildman–Crippen LogP) is 2.70. The number of nitrogens with one attached hydrogen (secondary N) is 1. The standard InChI is InChI=1S/C11H13Cl2NO5S/c1-11(2,3)19-14-20(17,18)7-5-4-6(12)8(9(7)13)10(15)16/h4-5,14H,1-3H3,(H,15,16). The van der Waals surface area contributed by atoms with E-state index in [4.69, 9.17) is 33.1 Å². The predicted molar refractivity (Wildman–Crippen MR) is 74.6 cm³/mol. The molecule has 20 heavy (non-hydrogen) atoms. The summed E-state index contributed by atoms with van der Waals surface area (Å²) in [5.41, 5.74) is -1.24. The Morgan fingerprint density at radius 2 is 1.85 bits per heavy atom. The van der Waals surface area contributed by atoms with Crippen molar-refractivity contribution in [2.75, 3.05) is 0 Å². The second-order valence-corrected chi connectivity index (χ2v) is 7.24. The van der Waals surface area contributed by atoms with E-state index in [1.807, 2.05) is 4.89 Å². The molecule has 1 aromatic rings. The average Bonchev–Trinajstić information content (AvgIpc) is 2.24. The summed E-state index contributed by atoms with van der Waals surface area (Å²) in [7, 11) is -4.12. The third kappa shape index (κ3) is 4.07. The molecule has 0 bridgehead atoms. The van der Waals surface area contributed by atoms with Gasteiger partial charge in [0.15, 0.2) is 0 Å². The normalized spacial score (nSPS) is 12.4. The van der Waals surface area contributed by atoms with Crippen LogP contribution in [0, 0.1) is 0 Å². The van der Waals surface area contributed by atoms with Gasteiger partial charge in [-0.25, -0.2) is 13.2 Å². The van der Waals surface area contributed by atoms with E-state index >= 15 is 0 Å². The molecule has 0 spiro atoms. The zero-order valence-corrected chi connectivity index (χ0v) is 13.2. The van der Waals surface area contributed by atoms with Crippen molar-refractivity contribution in [3.8, 4) is 0 Å². The molecule has 0 saturated heterocycles. The van der Waals surface area contributed by atoms with Gasteiger partial charge in [0.25, 0.3) is 10.0 Å². The number of aromatic carboxylic acids is 1. The molecule has 1 rings (SSSR count). The van der Waals surface area contributed by atoms with Crippen molar-refractivity contribution in [3.05, 3.63) is 27.7 Å². The summed E-state index contributed by atoms with van der Waals surface area (Å²) in [5, 5.41) is 8.35. The number of rotatable bonds is 4. The fourth-order valence-corrected chi connectivity index (χ4v) is 3.03. The molecule has 9 heteroatoms. The van der Waals surface area contributed by atoms with Gasteiger partial charge in [0.1, 0.15) is 4.90 Å². The number of carboxylic acid groups (broad SMARTS) is 1. The van der Waals surface area contributed by atoms with Gasteiger partial charge < -0.3 is 5.11 Å². The average molecular weight is 342 g/mol. The van der Waals surface area contributed by atoms with Gasteiger partial charge in [0.2, 0.25) is 0 Å². The van der Waals surface area contributed by atoms with Crippen LogP contribution in [0.5, 0.6) is 0 Å². The van der Waals surface area contributed by atoms with E-state index in [9.17, 15) is 13.2 Å². The van der Waals surface area contributed by atoms with Crippen LogP contribution in [-0.4, -0.2) is 25.1 Å². The van der Waals surface area contributed by atoms with Crippen LogP contribution in [0.3, 0.4) is 0 Å². The third-order valence-corrected chi connectivity index (χ3v) is 4.06. The van der Waals surface area contributed by atoms with Crippen LogP contribution in [0.1, 0.15) is 31.1 Å². The molecule has 0 atom stereocenters. The van der Waals surface area contributed by atoms with Gasteiger partial charge in [-0.1, -0.05) is 28.1 Å². The number of carboxylic acids is 1. The van der Waals surface area contributed by atoms with Crippen LogP contribution in [0.2, 0.25) is 10.0 Å². The van der Waals surface area contributed by atoms with Gasteiger partial charge in [0.05, 0.1) is 21.2 Å². The first-order valence-electron chi connectivity index (χ1n) is 5.37. The topological polar surface area (TPSA) is 92.7 Å². The van der Waals surface area contributed by atoms with Gasteiger partial charge >= 0.3 is 5.97 Å². The van der Waals surface area contributed by atoms with E-state index < -0.39 is 37.1 Å². The number of hydrogen-bond donors (Lipinski definition) is 2. The number of hydrogen-bond acceptors (Lipinski definition) is 4. The smallest absolute Gasteiger partial charge is 0.338 e. The summed E-state index contributed by atoms with van der Waals surface area (Å²) in [6.07, 6.45) is 0. The Balaban J connectivity index is 3.27. The van der Waals surface area contributed by atoms with Crippen LogP contribution < -0.4 is 4.89 Å². The molecular weight excluding hydrogens is 329 g/mol. The molecule has 0 saturated carbocycles. The van der Waals surface area contributed by atoms with Crippen molar-refractivity contribution >= 4 is 39.2 Å². The van der Waals surface area contributed by atoms with E-state index in [2.05, 4.69) is 0 Å². The minimum absolute atomic E-state index is 0.154. The van der Waals surface area contributed by atoms with E-state index in [1.165, 1.54) is 0 Å². The Bertz CT molecular complexity index is 637. The first-order valence-corrected chi connectivity index (χ1v) is 7.61. The van der Waals surface area contributed by atoms with Gasteiger partial charge in [-0.15, -0.1) is 0 Å². The summed E-state index contributed by atoms with van der Waals surface area (Å²) in [4.78, 5) is 17.4. The highest BCUT2D eigenvalue weighted by atomic mass is 35.5. The van der Waals surface area contributed by atoms with Crippen LogP contribution in [0.25, 0.3) is 0 Å². The summed E-state index contributed by atoms with van der Waals surface area (Å²) in [6.45, 7) is 4.92. The van der Waals surface area contributed by atoms with Crippen molar-refractivity contribution in [1.29, 1.82) is 0 Å². The highest BCUT2D eigenvalue weighted by Crippen LogP contribution is 2.31.